The minimum atomic E-state index is 0.957. The van der Waals surface area contributed by atoms with Gasteiger partial charge in [0.25, 0.3) is 0 Å². The summed E-state index contributed by atoms with van der Waals surface area (Å²) in [7, 11) is 0. The van der Waals surface area contributed by atoms with Crippen molar-refractivity contribution in [1.82, 2.24) is 0 Å². The van der Waals surface area contributed by atoms with Gasteiger partial charge in [-0.2, -0.15) is 0 Å². The van der Waals surface area contributed by atoms with E-state index < -0.39 is 0 Å². The van der Waals surface area contributed by atoms with Crippen LogP contribution in [0.1, 0.15) is 92.4 Å². The summed E-state index contributed by atoms with van der Waals surface area (Å²) in [5, 5.41) is 0. The Kier molecular flexibility index (Phi) is 23.2. The smallest absolute Gasteiger partial charge is 0.000750 e. The molecule has 116 heavy (non-hydrogen) atoms. The van der Waals surface area contributed by atoms with Crippen molar-refractivity contribution in [3.8, 4) is 44.5 Å². The molecular formula is C116H88. The van der Waals surface area contributed by atoms with E-state index in [2.05, 4.69) is 485 Å². The Hall–Kier alpha value is -14.6. The molecule has 0 saturated heterocycles. The average molecular weight is 1480 g/mol. The lowest BCUT2D eigenvalue weighted by atomic mass is 9.95. The molecule has 0 N–H and O–H groups in total. The van der Waals surface area contributed by atoms with E-state index in [0.717, 1.165) is 25.7 Å². The van der Waals surface area contributed by atoms with Crippen molar-refractivity contribution >= 4 is 66.9 Å². The highest BCUT2D eigenvalue weighted by molar-refractivity contribution is 6.10. The molecular weight excluding hydrogens is 1390 g/mol. The van der Waals surface area contributed by atoms with Gasteiger partial charge >= 0.3 is 0 Å². The van der Waals surface area contributed by atoms with Crippen LogP contribution in [0.2, 0.25) is 0 Å². The van der Waals surface area contributed by atoms with Crippen LogP contribution in [0.5, 0.6) is 0 Å². The van der Waals surface area contributed by atoms with Gasteiger partial charge in [-0.3, -0.25) is 0 Å². The summed E-state index contributed by atoms with van der Waals surface area (Å²) in [4.78, 5) is 0. The molecule has 552 valence electrons. The van der Waals surface area contributed by atoms with Crippen LogP contribution in [0.25, 0.3) is 111 Å². The number of hydrogen-bond donors (Lipinski definition) is 0. The third kappa shape index (κ3) is 17.7. The Balaban J connectivity index is 0.000000111. The van der Waals surface area contributed by atoms with Gasteiger partial charge in [0.1, 0.15) is 0 Å². The Bertz CT molecular complexity index is 5440. The van der Waals surface area contributed by atoms with Crippen molar-refractivity contribution in [2.75, 3.05) is 0 Å². The Morgan fingerprint density at radius 1 is 0.0948 bits per heavy atom. The standard InChI is InChI=1S/4C29H22/c4*1-4-10-22(11-5-1)23-16-18-24(19-17-23)27-20-28(25-12-6-2-7-13-25)29(21-27)26-14-8-3-9-15-26/h4*1-20H,21H2. The van der Waals surface area contributed by atoms with Gasteiger partial charge < -0.3 is 0 Å². The highest BCUT2D eigenvalue weighted by Gasteiger charge is 2.25. The molecule has 20 rings (SSSR count). The molecule has 0 radical (unpaired) electrons. The third-order valence-electron chi connectivity index (χ3n) is 22.3. The lowest BCUT2D eigenvalue weighted by Crippen LogP contribution is -1.87. The highest BCUT2D eigenvalue weighted by atomic mass is 14.3. The maximum atomic E-state index is 2.37. The molecule has 0 saturated carbocycles. The minimum absolute atomic E-state index is 0.957. The summed E-state index contributed by atoms with van der Waals surface area (Å²) >= 11 is 0. The molecule has 0 amide bonds. The van der Waals surface area contributed by atoms with E-state index in [-0.39, 0.29) is 0 Å². The molecule has 16 aromatic carbocycles. The van der Waals surface area contributed by atoms with Gasteiger partial charge in [0.05, 0.1) is 0 Å². The molecule has 0 aromatic heterocycles. The summed E-state index contributed by atoms with van der Waals surface area (Å²) in [5.41, 5.74) is 42.0. The van der Waals surface area contributed by atoms with Crippen LogP contribution in [0, 0.1) is 0 Å². The largest absolute Gasteiger partial charge is 0.0622 e. The van der Waals surface area contributed by atoms with E-state index in [4.69, 9.17) is 0 Å². The minimum Gasteiger partial charge on any atom is -0.0622 e. The fourth-order valence-corrected chi connectivity index (χ4v) is 16.3. The van der Waals surface area contributed by atoms with E-state index in [1.165, 1.54) is 178 Å². The first-order chi connectivity index (χ1) is 57.5. The zero-order valence-corrected chi connectivity index (χ0v) is 65.0. The lowest BCUT2D eigenvalue weighted by Gasteiger charge is -2.09. The fourth-order valence-electron chi connectivity index (χ4n) is 16.3. The van der Waals surface area contributed by atoms with Crippen molar-refractivity contribution in [3.05, 3.63) is 552 Å². The van der Waals surface area contributed by atoms with Gasteiger partial charge in [-0.1, -0.05) is 461 Å². The van der Waals surface area contributed by atoms with Crippen LogP contribution in [-0.2, 0) is 0 Å². The number of allylic oxidation sites excluding steroid dienone is 16. The Morgan fingerprint density at radius 3 is 0.353 bits per heavy atom. The normalized spacial score (nSPS) is 13.4. The number of hydrogen-bond acceptors (Lipinski definition) is 0. The topological polar surface area (TPSA) is 0 Å². The van der Waals surface area contributed by atoms with Gasteiger partial charge in [-0.15, -0.1) is 0 Å². The average Bonchev–Trinajstić information content (AvgIpc) is 1.66. The summed E-state index contributed by atoms with van der Waals surface area (Å²) in [6.45, 7) is 0. The summed E-state index contributed by atoms with van der Waals surface area (Å²) in [5.74, 6) is 0. The SMILES string of the molecule is C1=C(c2ccc(-c3ccccc3)cc2)CC(c2ccccc2)=C1c1ccccc1.C1=C(c2ccc(-c3ccccc3)cc2)CC(c2ccccc2)=C1c1ccccc1.C1=C(c2ccc(-c3ccccc3)cc2)CC(c2ccccc2)=C1c1ccccc1.C1=C(c2ccc(-c3ccccc3)cc2)CC(c2ccccc2)=C1c1ccccc1. The van der Waals surface area contributed by atoms with Gasteiger partial charge in [0.15, 0.2) is 0 Å². The first kappa shape index (κ1) is 74.2. The van der Waals surface area contributed by atoms with Crippen molar-refractivity contribution in [2.45, 2.75) is 25.7 Å². The van der Waals surface area contributed by atoms with Gasteiger partial charge in [0, 0.05) is 0 Å². The first-order valence-electron chi connectivity index (χ1n) is 40.4. The predicted octanol–water partition coefficient (Wildman–Crippen LogP) is 31.0. The van der Waals surface area contributed by atoms with E-state index >= 15 is 0 Å². The second kappa shape index (κ2) is 36.3. The molecule has 0 heteroatoms. The Morgan fingerprint density at radius 2 is 0.207 bits per heavy atom. The van der Waals surface area contributed by atoms with E-state index in [9.17, 15) is 0 Å². The quantitative estimate of drug-likeness (QED) is 0.0904. The fraction of sp³-hybridized carbons (Fsp3) is 0.0345. The van der Waals surface area contributed by atoms with Crippen LogP contribution in [0.15, 0.2) is 485 Å². The molecule has 0 spiro atoms. The van der Waals surface area contributed by atoms with E-state index in [1.54, 1.807) is 0 Å². The van der Waals surface area contributed by atoms with E-state index in [0.29, 0.717) is 0 Å². The lowest BCUT2D eigenvalue weighted by molar-refractivity contribution is 1.42. The van der Waals surface area contributed by atoms with Crippen molar-refractivity contribution in [3.63, 3.8) is 0 Å². The molecule has 0 bridgehead atoms. The second-order valence-electron chi connectivity index (χ2n) is 29.7. The van der Waals surface area contributed by atoms with Crippen molar-refractivity contribution in [1.29, 1.82) is 0 Å². The number of rotatable bonds is 16. The first-order valence-corrected chi connectivity index (χ1v) is 40.4. The molecule has 0 heterocycles. The van der Waals surface area contributed by atoms with Gasteiger partial charge in [-0.05, 0) is 228 Å². The van der Waals surface area contributed by atoms with Crippen LogP contribution in [-0.4, -0.2) is 0 Å². The van der Waals surface area contributed by atoms with Gasteiger partial charge in [0.2, 0.25) is 0 Å². The molecule has 16 aromatic rings. The summed E-state index contributed by atoms with van der Waals surface area (Å²) in [6, 6.07) is 164. The van der Waals surface area contributed by atoms with Crippen molar-refractivity contribution < 1.29 is 0 Å². The zero-order valence-electron chi connectivity index (χ0n) is 65.0. The van der Waals surface area contributed by atoms with E-state index in [1.807, 2.05) is 0 Å². The van der Waals surface area contributed by atoms with Gasteiger partial charge in [-0.25, -0.2) is 0 Å². The molecule has 0 nitrogen and oxygen atoms in total. The summed E-state index contributed by atoms with van der Waals surface area (Å²) in [6.07, 6.45) is 13.3. The number of benzene rings is 16. The molecule has 4 aliphatic rings. The highest BCUT2D eigenvalue weighted by Crippen LogP contribution is 2.48. The zero-order chi connectivity index (χ0) is 77.9. The maximum absolute atomic E-state index is 2.37. The third-order valence-corrected chi connectivity index (χ3v) is 22.3. The maximum Gasteiger partial charge on any atom is -0.000750 e. The molecule has 0 fully saturated rings. The monoisotopic (exact) mass is 1480 g/mol. The van der Waals surface area contributed by atoms with Crippen LogP contribution in [0.3, 0.4) is 0 Å². The molecule has 0 atom stereocenters. The second-order valence-corrected chi connectivity index (χ2v) is 29.7. The molecule has 0 unspecified atom stereocenters. The summed E-state index contributed by atoms with van der Waals surface area (Å²) < 4.78 is 0. The van der Waals surface area contributed by atoms with Crippen LogP contribution >= 0.6 is 0 Å². The van der Waals surface area contributed by atoms with Crippen LogP contribution in [0.4, 0.5) is 0 Å². The Labute approximate surface area is 684 Å². The molecule has 4 aliphatic carbocycles. The predicted molar refractivity (Wildman–Crippen MR) is 497 cm³/mol. The molecule has 0 aliphatic heterocycles. The van der Waals surface area contributed by atoms with Crippen LogP contribution < -0.4 is 0 Å². The van der Waals surface area contributed by atoms with Crippen molar-refractivity contribution in [2.24, 2.45) is 0 Å².